The fourth-order valence-corrected chi connectivity index (χ4v) is 5.31. The number of hydrogen-bond donors (Lipinski definition) is 1. The molecular formula is C12H12ClN3O4S3. The molecule has 7 nitrogen and oxygen atoms in total. The molecule has 0 radical (unpaired) electrons. The maximum atomic E-state index is 11.8. The van der Waals surface area contributed by atoms with Crippen molar-refractivity contribution < 1.29 is 17.6 Å². The summed E-state index contributed by atoms with van der Waals surface area (Å²) in [6.45, 7) is 0. The fourth-order valence-electron chi connectivity index (χ4n) is 2.10. The van der Waals surface area contributed by atoms with E-state index in [1.807, 2.05) is 0 Å². The van der Waals surface area contributed by atoms with Crippen molar-refractivity contribution in [2.45, 2.75) is 17.7 Å². The van der Waals surface area contributed by atoms with Crippen molar-refractivity contribution in [2.75, 3.05) is 17.3 Å². The van der Waals surface area contributed by atoms with Gasteiger partial charge in [0.05, 0.1) is 26.5 Å². The molecule has 0 bridgehead atoms. The minimum Gasteiger partial charge on any atom is -0.410 e. The standard InChI is InChI=1S/C12H12ClN3O4S3/c13-9-2-1-8(22-9)11-15-16-12(20-11)21-5-10(17)14-7-3-4-23(18,19)6-7/h1-2,7H,3-6H2,(H,14,17)/t7-/m1/s1. The molecule has 0 saturated carbocycles. The third-order valence-corrected chi connectivity index (χ3v) is 6.92. The molecule has 3 heterocycles. The lowest BCUT2D eigenvalue weighted by atomic mass is 10.3. The summed E-state index contributed by atoms with van der Waals surface area (Å²) >= 11 is 8.28. The van der Waals surface area contributed by atoms with Crippen LogP contribution in [-0.2, 0) is 14.6 Å². The van der Waals surface area contributed by atoms with Crippen LogP contribution in [0.2, 0.25) is 4.34 Å². The summed E-state index contributed by atoms with van der Waals surface area (Å²) in [5, 5.41) is 10.7. The van der Waals surface area contributed by atoms with Crippen molar-refractivity contribution >= 4 is 50.4 Å². The first-order chi connectivity index (χ1) is 10.9. The van der Waals surface area contributed by atoms with Crippen LogP contribution in [-0.4, -0.2) is 47.8 Å². The van der Waals surface area contributed by atoms with Crippen molar-refractivity contribution in [2.24, 2.45) is 0 Å². The largest absolute Gasteiger partial charge is 0.410 e. The van der Waals surface area contributed by atoms with Crippen LogP contribution >= 0.6 is 34.7 Å². The Kier molecular flexibility index (Phi) is 4.95. The molecule has 3 rings (SSSR count). The van der Waals surface area contributed by atoms with Gasteiger partial charge in [-0.1, -0.05) is 23.4 Å². The molecule has 0 unspecified atom stereocenters. The Morgan fingerprint density at radius 2 is 2.30 bits per heavy atom. The molecule has 2 aromatic heterocycles. The normalized spacial score (nSPS) is 19.8. The van der Waals surface area contributed by atoms with Gasteiger partial charge >= 0.3 is 0 Å². The zero-order valence-electron chi connectivity index (χ0n) is 11.7. The molecule has 0 aliphatic carbocycles. The highest BCUT2D eigenvalue weighted by Crippen LogP contribution is 2.31. The van der Waals surface area contributed by atoms with Crippen LogP contribution < -0.4 is 5.32 Å². The number of thioether (sulfide) groups is 1. The Morgan fingerprint density at radius 3 is 2.96 bits per heavy atom. The molecule has 1 amide bonds. The first-order valence-corrected chi connectivity index (χ1v) is 10.6. The quantitative estimate of drug-likeness (QED) is 0.773. The van der Waals surface area contributed by atoms with Crippen LogP contribution in [0, 0.1) is 0 Å². The van der Waals surface area contributed by atoms with Gasteiger partial charge in [-0.05, 0) is 18.6 Å². The highest BCUT2D eigenvalue weighted by molar-refractivity contribution is 7.99. The zero-order chi connectivity index (χ0) is 16.4. The first-order valence-electron chi connectivity index (χ1n) is 6.63. The molecule has 1 saturated heterocycles. The van der Waals surface area contributed by atoms with Crippen LogP contribution in [0.3, 0.4) is 0 Å². The molecule has 1 aliphatic heterocycles. The van der Waals surface area contributed by atoms with Gasteiger partial charge in [-0.2, -0.15) is 0 Å². The second kappa shape index (κ2) is 6.80. The van der Waals surface area contributed by atoms with Gasteiger partial charge < -0.3 is 9.73 Å². The molecule has 11 heteroatoms. The molecule has 1 N–H and O–H groups in total. The van der Waals surface area contributed by atoms with E-state index in [1.54, 1.807) is 12.1 Å². The summed E-state index contributed by atoms with van der Waals surface area (Å²) < 4.78 is 28.8. The van der Waals surface area contributed by atoms with Crippen LogP contribution in [0.25, 0.3) is 10.8 Å². The number of nitrogens with zero attached hydrogens (tertiary/aromatic N) is 2. The Bertz CT molecular complexity index is 817. The Balaban J connectivity index is 1.51. The van der Waals surface area contributed by atoms with Crippen LogP contribution in [0.1, 0.15) is 6.42 Å². The maximum Gasteiger partial charge on any atom is 0.277 e. The molecule has 2 aromatic rings. The topological polar surface area (TPSA) is 102 Å². The van der Waals surface area contributed by atoms with Gasteiger partial charge in [0, 0.05) is 6.04 Å². The van der Waals surface area contributed by atoms with Crippen molar-refractivity contribution in [1.29, 1.82) is 0 Å². The predicted molar refractivity (Wildman–Crippen MR) is 88.5 cm³/mol. The van der Waals surface area contributed by atoms with E-state index in [-0.39, 0.29) is 34.4 Å². The highest BCUT2D eigenvalue weighted by Gasteiger charge is 2.28. The van der Waals surface area contributed by atoms with E-state index in [1.165, 1.54) is 11.3 Å². The molecule has 1 atom stereocenters. The van der Waals surface area contributed by atoms with Crippen LogP contribution in [0.4, 0.5) is 0 Å². The number of hydrogen-bond acceptors (Lipinski definition) is 8. The molecule has 23 heavy (non-hydrogen) atoms. The van der Waals surface area contributed by atoms with Gasteiger partial charge in [-0.15, -0.1) is 21.5 Å². The minimum absolute atomic E-state index is 0.00719. The summed E-state index contributed by atoms with van der Waals surface area (Å²) in [5.74, 6) is 0.320. The van der Waals surface area contributed by atoms with Crippen molar-refractivity contribution in [1.82, 2.24) is 15.5 Å². The SMILES string of the molecule is O=C(CSc1nnc(-c2ccc(Cl)s2)o1)N[C@@H]1CCS(=O)(=O)C1. The lowest BCUT2D eigenvalue weighted by Crippen LogP contribution is -2.36. The fraction of sp³-hybridized carbons (Fsp3) is 0.417. The van der Waals surface area contributed by atoms with E-state index < -0.39 is 9.84 Å². The van der Waals surface area contributed by atoms with Gasteiger partial charge in [-0.3, -0.25) is 4.79 Å². The molecule has 124 valence electrons. The summed E-state index contributed by atoms with van der Waals surface area (Å²) in [5.41, 5.74) is 0. The number of carbonyl (C=O) groups is 1. The number of thiophene rings is 1. The maximum absolute atomic E-state index is 11.8. The van der Waals surface area contributed by atoms with Crippen molar-refractivity contribution in [3.05, 3.63) is 16.5 Å². The number of carbonyl (C=O) groups excluding carboxylic acids is 1. The average molecular weight is 394 g/mol. The Morgan fingerprint density at radius 1 is 1.48 bits per heavy atom. The van der Waals surface area contributed by atoms with Gasteiger partial charge in [-0.25, -0.2) is 8.42 Å². The smallest absolute Gasteiger partial charge is 0.277 e. The lowest BCUT2D eigenvalue weighted by Gasteiger charge is -2.09. The number of nitrogens with one attached hydrogen (secondary N) is 1. The highest BCUT2D eigenvalue weighted by atomic mass is 35.5. The van der Waals surface area contributed by atoms with E-state index in [9.17, 15) is 13.2 Å². The summed E-state index contributed by atoms with van der Waals surface area (Å²) in [4.78, 5) is 12.6. The van der Waals surface area contributed by atoms with Crippen LogP contribution in [0.15, 0.2) is 21.8 Å². The summed E-state index contributed by atoms with van der Waals surface area (Å²) in [7, 11) is -3.01. The van der Waals surface area contributed by atoms with Crippen molar-refractivity contribution in [3.63, 3.8) is 0 Å². The molecule has 0 spiro atoms. The van der Waals surface area contributed by atoms with Crippen LogP contribution in [0.5, 0.6) is 0 Å². The van der Waals surface area contributed by atoms with Gasteiger partial charge in [0.1, 0.15) is 0 Å². The second-order valence-corrected chi connectivity index (χ2v) is 9.80. The Hall–Kier alpha value is -1.10. The van der Waals surface area contributed by atoms with E-state index in [2.05, 4.69) is 15.5 Å². The van der Waals surface area contributed by atoms with E-state index in [0.29, 0.717) is 16.6 Å². The Labute approximate surface area is 145 Å². The third kappa shape index (κ3) is 4.46. The van der Waals surface area contributed by atoms with Crippen molar-refractivity contribution in [3.8, 4) is 10.8 Å². The predicted octanol–water partition coefficient (Wildman–Crippen LogP) is 1.85. The number of amides is 1. The molecule has 1 aliphatic rings. The minimum atomic E-state index is -3.01. The third-order valence-electron chi connectivity index (χ3n) is 3.11. The second-order valence-electron chi connectivity index (χ2n) is 4.93. The number of rotatable bonds is 5. The lowest BCUT2D eigenvalue weighted by molar-refractivity contribution is -0.119. The van der Waals surface area contributed by atoms with Gasteiger partial charge in [0.15, 0.2) is 9.84 Å². The first kappa shape index (κ1) is 16.7. The van der Waals surface area contributed by atoms with Gasteiger partial charge in [0.25, 0.3) is 11.1 Å². The monoisotopic (exact) mass is 393 g/mol. The van der Waals surface area contributed by atoms with E-state index in [0.717, 1.165) is 16.6 Å². The number of aromatic nitrogens is 2. The number of sulfone groups is 1. The number of halogens is 1. The zero-order valence-corrected chi connectivity index (χ0v) is 14.9. The molecule has 0 aromatic carbocycles. The van der Waals surface area contributed by atoms with E-state index >= 15 is 0 Å². The summed E-state index contributed by atoms with van der Waals surface area (Å²) in [6, 6.07) is 3.21. The van der Waals surface area contributed by atoms with E-state index in [4.69, 9.17) is 16.0 Å². The molecular weight excluding hydrogens is 382 g/mol. The van der Waals surface area contributed by atoms with Gasteiger partial charge in [0.2, 0.25) is 5.91 Å². The average Bonchev–Trinajstić information content (AvgIpc) is 3.17. The summed E-state index contributed by atoms with van der Waals surface area (Å²) in [6.07, 6.45) is 0.461. The molecule has 1 fully saturated rings.